The Bertz CT molecular complexity index is 772. The van der Waals surface area contributed by atoms with Crippen LogP contribution in [-0.4, -0.2) is 37.8 Å². The third-order valence-corrected chi connectivity index (χ3v) is 5.78. The third kappa shape index (κ3) is 3.86. The highest BCUT2D eigenvalue weighted by Gasteiger charge is 2.27. The Morgan fingerprint density at radius 2 is 1.79 bits per heavy atom. The molecule has 2 aromatic carbocycles. The van der Waals surface area contributed by atoms with Gasteiger partial charge in [-0.15, -0.1) is 0 Å². The fourth-order valence-electron chi connectivity index (χ4n) is 3.36. The van der Waals surface area contributed by atoms with Gasteiger partial charge in [0.1, 0.15) is 0 Å². The van der Waals surface area contributed by atoms with E-state index in [0.717, 1.165) is 24.9 Å². The van der Waals surface area contributed by atoms with Crippen molar-refractivity contribution in [1.82, 2.24) is 4.90 Å². The van der Waals surface area contributed by atoms with E-state index in [1.54, 1.807) is 24.3 Å². The van der Waals surface area contributed by atoms with Gasteiger partial charge in [0, 0.05) is 18.8 Å². The van der Waals surface area contributed by atoms with Crippen molar-refractivity contribution in [2.45, 2.75) is 29.9 Å². The Morgan fingerprint density at radius 1 is 1.12 bits per heavy atom. The maximum atomic E-state index is 11.5. The van der Waals surface area contributed by atoms with Gasteiger partial charge in [0.25, 0.3) is 0 Å². The van der Waals surface area contributed by atoms with Crippen molar-refractivity contribution in [2.24, 2.45) is 0 Å². The second-order valence-electron chi connectivity index (χ2n) is 6.42. The SMILES string of the molecule is CS(=O)(=O)c1ccc([C@@H](O)CN2CCC[C@@H]2c2ccccc2)cc1. The molecule has 1 heterocycles. The topological polar surface area (TPSA) is 57.6 Å². The van der Waals surface area contributed by atoms with Gasteiger partial charge >= 0.3 is 0 Å². The molecule has 5 heteroatoms. The summed E-state index contributed by atoms with van der Waals surface area (Å²) in [5.41, 5.74) is 2.04. The van der Waals surface area contributed by atoms with Gasteiger partial charge in [-0.1, -0.05) is 42.5 Å². The molecule has 0 unspecified atom stereocenters. The first-order valence-corrected chi connectivity index (χ1v) is 10.1. The minimum Gasteiger partial charge on any atom is -0.387 e. The molecule has 1 N–H and O–H groups in total. The van der Waals surface area contributed by atoms with Gasteiger partial charge in [0.15, 0.2) is 9.84 Å². The molecule has 0 amide bonds. The summed E-state index contributed by atoms with van der Waals surface area (Å²) < 4.78 is 23.0. The summed E-state index contributed by atoms with van der Waals surface area (Å²) in [7, 11) is -3.20. The van der Waals surface area contributed by atoms with Crippen LogP contribution in [-0.2, 0) is 9.84 Å². The third-order valence-electron chi connectivity index (χ3n) is 4.65. The van der Waals surface area contributed by atoms with Gasteiger partial charge < -0.3 is 5.11 Å². The van der Waals surface area contributed by atoms with Gasteiger partial charge in [0.2, 0.25) is 0 Å². The van der Waals surface area contributed by atoms with E-state index in [9.17, 15) is 13.5 Å². The van der Waals surface area contributed by atoms with Gasteiger partial charge in [-0.05, 0) is 42.6 Å². The van der Waals surface area contributed by atoms with E-state index in [1.807, 2.05) is 18.2 Å². The van der Waals surface area contributed by atoms with Crippen LogP contribution in [0, 0.1) is 0 Å². The molecule has 2 atom stereocenters. The lowest BCUT2D eigenvalue weighted by Gasteiger charge is -2.27. The zero-order valence-corrected chi connectivity index (χ0v) is 14.6. The van der Waals surface area contributed by atoms with Crippen molar-refractivity contribution in [3.8, 4) is 0 Å². The first kappa shape index (κ1) is 17.1. The van der Waals surface area contributed by atoms with Crippen molar-refractivity contribution in [2.75, 3.05) is 19.3 Å². The number of benzene rings is 2. The van der Waals surface area contributed by atoms with E-state index in [-0.39, 0.29) is 4.90 Å². The maximum absolute atomic E-state index is 11.5. The minimum absolute atomic E-state index is 0.279. The average molecular weight is 345 g/mol. The predicted octanol–water partition coefficient (Wildman–Crippen LogP) is 2.96. The summed E-state index contributed by atoms with van der Waals surface area (Å²) in [5, 5.41) is 10.5. The standard InChI is InChI=1S/C19H23NO3S/c1-24(22,23)17-11-9-16(10-12-17)19(21)14-20-13-5-8-18(20)15-6-3-2-4-7-15/h2-4,6-7,9-12,18-19,21H,5,8,13-14H2,1H3/t18-,19+/m1/s1. The lowest BCUT2D eigenvalue weighted by atomic mass is 10.0. The first-order valence-electron chi connectivity index (χ1n) is 8.22. The van der Waals surface area contributed by atoms with E-state index in [2.05, 4.69) is 17.0 Å². The molecule has 4 nitrogen and oxygen atoms in total. The fourth-order valence-corrected chi connectivity index (χ4v) is 3.99. The van der Waals surface area contributed by atoms with Gasteiger partial charge in [-0.3, -0.25) is 4.90 Å². The van der Waals surface area contributed by atoms with E-state index in [0.29, 0.717) is 12.6 Å². The zero-order chi connectivity index (χ0) is 17.2. The molecule has 3 rings (SSSR count). The highest BCUT2D eigenvalue weighted by Crippen LogP contribution is 2.33. The van der Waals surface area contributed by atoms with Gasteiger partial charge in [-0.2, -0.15) is 0 Å². The van der Waals surface area contributed by atoms with Crippen molar-refractivity contribution < 1.29 is 13.5 Å². The van der Waals surface area contributed by atoms with Crippen LogP contribution in [0.1, 0.15) is 36.1 Å². The summed E-state index contributed by atoms with van der Waals surface area (Å²) in [6.07, 6.45) is 2.79. The molecule has 0 spiro atoms. The molecule has 0 radical (unpaired) electrons. The van der Waals surface area contributed by atoms with Crippen LogP contribution < -0.4 is 0 Å². The number of nitrogens with zero attached hydrogens (tertiary/aromatic N) is 1. The molecular weight excluding hydrogens is 322 g/mol. The lowest BCUT2D eigenvalue weighted by Crippen LogP contribution is -2.28. The molecule has 128 valence electrons. The van der Waals surface area contributed by atoms with Crippen LogP contribution in [0.4, 0.5) is 0 Å². The first-order chi connectivity index (χ1) is 11.4. The largest absolute Gasteiger partial charge is 0.387 e. The Balaban J connectivity index is 1.71. The molecule has 1 fully saturated rings. The Hall–Kier alpha value is -1.69. The number of likely N-dealkylation sites (tertiary alicyclic amines) is 1. The molecule has 1 aliphatic rings. The van der Waals surface area contributed by atoms with Crippen molar-refractivity contribution in [3.05, 3.63) is 65.7 Å². The van der Waals surface area contributed by atoms with E-state index in [4.69, 9.17) is 0 Å². The van der Waals surface area contributed by atoms with Crippen LogP contribution in [0.5, 0.6) is 0 Å². The lowest BCUT2D eigenvalue weighted by molar-refractivity contribution is 0.106. The minimum atomic E-state index is -3.20. The van der Waals surface area contributed by atoms with E-state index < -0.39 is 15.9 Å². The zero-order valence-electron chi connectivity index (χ0n) is 13.8. The molecule has 0 aromatic heterocycles. The van der Waals surface area contributed by atoms with E-state index >= 15 is 0 Å². The molecule has 1 aliphatic heterocycles. The number of rotatable bonds is 5. The summed E-state index contributed by atoms with van der Waals surface area (Å²) in [6, 6.07) is 17.3. The number of hydrogen-bond donors (Lipinski definition) is 1. The number of aliphatic hydroxyl groups is 1. The average Bonchev–Trinajstić information content (AvgIpc) is 3.03. The molecule has 0 aliphatic carbocycles. The monoisotopic (exact) mass is 345 g/mol. The maximum Gasteiger partial charge on any atom is 0.175 e. The molecule has 0 saturated carbocycles. The number of hydrogen-bond acceptors (Lipinski definition) is 4. The highest BCUT2D eigenvalue weighted by atomic mass is 32.2. The van der Waals surface area contributed by atoms with Crippen LogP contribution in [0.2, 0.25) is 0 Å². The highest BCUT2D eigenvalue weighted by molar-refractivity contribution is 7.90. The van der Waals surface area contributed by atoms with Crippen molar-refractivity contribution >= 4 is 9.84 Å². The normalized spacial score (nSPS) is 20.2. The predicted molar refractivity (Wildman–Crippen MR) is 94.5 cm³/mol. The summed E-state index contributed by atoms with van der Waals surface area (Å²) >= 11 is 0. The van der Waals surface area contributed by atoms with Crippen molar-refractivity contribution in [3.63, 3.8) is 0 Å². The van der Waals surface area contributed by atoms with Crippen LogP contribution in [0.3, 0.4) is 0 Å². The number of β-amino-alcohol motifs (C(OH)–C–C–N with tert-alkyl or cyclic N) is 1. The summed E-state index contributed by atoms with van der Waals surface area (Å²) in [5.74, 6) is 0. The summed E-state index contributed by atoms with van der Waals surface area (Å²) in [6.45, 7) is 1.52. The quantitative estimate of drug-likeness (QED) is 0.905. The van der Waals surface area contributed by atoms with Crippen LogP contribution in [0.25, 0.3) is 0 Å². The Kier molecular flexibility index (Phi) is 5.04. The smallest absolute Gasteiger partial charge is 0.175 e. The van der Waals surface area contributed by atoms with Crippen molar-refractivity contribution in [1.29, 1.82) is 0 Å². The molecule has 24 heavy (non-hydrogen) atoms. The number of aliphatic hydroxyl groups excluding tert-OH is 1. The number of sulfone groups is 1. The molecular formula is C19H23NO3S. The Labute approximate surface area is 143 Å². The van der Waals surface area contributed by atoms with Crippen LogP contribution >= 0.6 is 0 Å². The molecule has 2 aromatic rings. The second kappa shape index (κ2) is 7.05. The molecule has 1 saturated heterocycles. The Morgan fingerprint density at radius 3 is 2.42 bits per heavy atom. The van der Waals surface area contributed by atoms with Gasteiger partial charge in [0.05, 0.1) is 11.0 Å². The molecule has 0 bridgehead atoms. The van der Waals surface area contributed by atoms with Gasteiger partial charge in [-0.25, -0.2) is 8.42 Å². The van der Waals surface area contributed by atoms with E-state index in [1.165, 1.54) is 11.8 Å². The van der Waals surface area contributed by atoms with Crippen LogP contribution in [0.15, 0.2) is 59.5 Å². The summed E-state index contributed by atoms with van der Waals surface area (Å²) in [4.78, 5) is 2.59. The fraction of sp³-hybridized carbons (Fsp3) is 0.368. The second-order valence-corrected chi connectivity index (χ2v) is 8.44.